The summed E-state index contributed by atoms with van der Waals surface area (Å²) in [5.74, 6) is 0.0502. The predicted molar refractivity (Wildman–Crippen MR) is 106 cm³/mol. The van der Waals surface area contributed by atoms with Crippen molar-refractivity contribution in [2.45, 2.75) is 24.0 Å². The molecule has 0 bridgehead atoms. The molecule has 28 heavy (non-hydrogen) atoms. The van der Waals surface area contributed by atoms with E-state index in [2.05, 4.69) is 53.1 Å². The van der Waals surface area contributed by atoms with Crippen LogP contribution < -0.4 is 4.57 Å². The predicted octanol–water partition coefficient (Wildman–Crippen LogP) is 3.28. The second-order valence-corrected chi connectivity index (χ2v) is 8.33. The van der Waals surface area contributed by atoms with Crippen LogP contribution in [-0.2, 0) is 11.2 Å². The van der Waals surface area contributed by atoms with Gasteiger partial charge in [-0.1, -0.05) is 42.5 Å². The number of ether oxygens (including phenoxy) is 1. The van der Waals surface area contributed by atoms with E-state index in [1.54, 1.807) is 7.11 Å². The van der Waals surface area contributed by atoms with Gasteiger partial charge in [-0.15, -0.1) is 0 Å². The molecular formula is C24H19N2O2+. The molecule has 4 nitrogen and oxygen atoms in total. The Bertz CT molecular complexity index is 1350. The second kappa shape index (κ2) is 4.77. The van der Waals surface area contributed by atoms with Gasteiger partial charge in [0.25, 0.3) is 0 Å². The molecule has 1 saturated carbocycles. The van der Waals surface area contributed by atoms with Crippen LogP contribution in [0, 0.1) is 0 Å². The lowest BCUT2D eigenvalue weighted by atomic mass is 9.82. The highest BCUT2D eigenvalue weighted by atomic mass is 16.5. The Labute approximate surface area is 162 Å². The van der Waals surface area contributed by atoms with Crippen molar-refractivity contribution in [3.8, 4) is 11.3 Å². The van der Waals surface area contributed by atoms with Crippen molar-refractivity contribution in [3.63, 3.8) is 0 Å². The van der Waals surface area contributed by atoms with Gasteiger partial charge in [0, 0.05) is 19.6 Å². The summed E-state index contributed by atoms with van der Waals surface area (Å²) in [6, 6.07) is 19.2. The summed E-state index contributed by atoms with van der Waals surface area (Å²) in [6.45, 7) is 0.333. The fraction of sp³-hybridized carbons (Fsp3) is 0.250. The summed E-state index contributed by atoms with van der Waals surface area (Å²) < 4.78 is 7.81. The lowest BCUT2D eigenvalue weighted by Crippen LogP contribution is -2.44. The SMILES string of the molecule is COCC1(O)C2c3ccc4cccc5c4c3-c3c(nc4ccccc4[n+]3C21)C5. The van der Waals surface area contributed by atoms with E-state index in [1.165, 1.54) is 33.2 Å². The first-order valence-corrected chi connectivity index (χ1v) is 9.82. The summed E-state index contributed by atoms with van der Waals surface area (Å²) in [6.07, 6.45) is 0.827. The molecule has 7 rings (SSSR count). The molecule has 136 valence electrons. The zero-order valence-electron chi connectivity index (χ0n) is 15.5. The van der Waals surface area contributed by atoms with Gasteiger partial charge in [-0.3, -0.25) is 0 Å². The molecular weight excluding hydrogens is 348 g/mol. The minimum atomic E-state index is -0.881. The quantitative estimate of drug-likeness (QED) is 0.487. The first-order chi connectivity index (χ1) is 13.7. The number of fused-ring (bicyclic) bond motifs is 5. The number of hydrogen-bond acceptors (Lipinski definition) is 3. The van der Waals surface area contributed by atoms with Crippen LogP contribution >= 0.6 is 0 Å². The van der Waals surface area contributed by atoms with Crippen LogP contribution in [0.1, 0.15) is 28.8 Å². The number of benzene rings is 3. The van der Waals surface area contributed by atoms with Crippen molar-refractivity contribution in [3.05, 3.63) is 71.4 Å². The largest absolute Gasteiger partial charge is 0.381 e. The van der Waals surface area contributed by atoms with Crippen molar-refractivity contribution in [2.75, 3.05) is 13.7 Å². The average Bonchev–Trinajstić information content (AvgIpc) is 3.32. The topological polar surface area (TPSA) is 46.2 Å². The molecule has 2 heterocycles. The molecule has 4 heteroatoms. The van der Waals surface area contributed by atoms with Crippen LogP contribution in [0.3, 0.4) is 0 Å². The molecule has 3 aliphatic rings. The van der Waals surface area contributed by atoms with Crippen molar-refractivity contribution >= 4 is 21.8 Å². The Morgan fingerprint density at radius 2 is 2.04 bits per heavy atom. The summed E-state index contributed by atoms with van der Waals surface area (Å²) in [4.78, 5) is 5.05. The Hall–Kier alpha value is -2.82. The van der Waals surface area contributed by atoms with E-state index in [0.717, 1.165) is 23.1 Å². The maximum Gasteiger partial charge on any atom is 0.236 e. The first kappa shape index (κ1) is 15.1. The number of hydrogen-bond donors (Lipinski definition) is 1. The minimum Gasteiger partial charge on any atom is -0.381 e. The number of aromatic nitrogens is 2. The van der Waals surface area contributed by atoms with Crippen LogP contribution in [0.5, 0.6) is 0 Å². The van der Waals surface area contributed by atoms with Gasteiger partial charge in [-0.25, -0.2) is 4.98 Å². The highest BCUT2D eigenvalue weighted by Crippen LogP contribution is 2.64. The third kappa shape index (κ3) is 1.57. The van der Waals surface area contributed by atoms with Crippen LogP contribution in [-0.4, -0.2) is 29.4 Å². The van der Waals surface area contributed by atoms with Gasteiger partial charge in [0.05, 0.1) is 18.1 Å². The fourth-order valence-corrected chi connectivity index (χ4v) is 5.84. The molecule has 1 N–H and O–H groups in total. The third-order valence-electron chi connectivity index (χ3n) is 6.92. The van der Waals surface area contributed by atoms with Crippen LogP contribution in [0.15, 0.2) is 54.6 Å². The monoisotopic (exact) mass is 367 g/mol. The van der Waals surface area contributed by atoms with Gasteiger partial charge in [-0.2, -0.15) is 4.57 Å². The zero-order valence-corrected chi connectivity index (χ0v) is 15.5. The highest BCUT2D eigenvalue weighted by molar-refractivity contribution is 6.03. The Kier molecular flexibility index (Phi) is 2.58. The van der Waals surface area contributed by atoms with Gasteiger partial charge in [-0.05, 0) is 28.0 Å². The molecule has 4 aromatic rings. The molecule has 3 unspecified atom stereocenters. The van der Waals surface area contributed by atoms with E-state index in [4.69, 9.17) is 9.72 Å². The van der Waals surface area contributed by atoms with Crippen LogP contribution in [0.2, 0.25) is 0 Å². The van der Waals surface area contributed by atoms with Crippen molar-refractivity contribution in [1.82, 2.24) is 4.98 Å². The standard InChI is InChI=1S/C24H19N2O2/c1-28-12-24(27)21-15-10-9-13-5-4-6-14-11-17-22(20(15)19(13)14)26(23(21)24)18-8-3-2-7-16(18)25-17/h2-10,21,23,27H,11-12H2,1H3/q+1. The number of rotatable bonds is 2. The van der Waals surface area contributed by atoms with Gasteiger partial charge in [0.2, 0.25) is 17.3 Å². The second-order valence-electron chi connectivity index (χ2n) is 8.33. The Morgan fingerprint density at radius 3 is 2.93 bits per heavy atom. The zero-order chi connectivity index (χ0) is 18.6. The van der Waals surface area contributed by atoms with Crippen molar-refractivity contribution in [2.24, 2.45) is 0 Å². The number of nitrogens with zero attached hydrogens (tertiary/aromatic N) is 2. The van der Waals surface area contributed by atoms with E-state index in [1.807, 2.05) is 6.07 Å². The fourth-order valence-electron chi connectivity index (χ4n) is 5.84. The molecule has 1 aliphatic heterocycles. The molecule has 0 radical (unpaired) electrons. The molecule has 1 fully saturated rings. The van der Waals surface area contributed by atoms with E-state index in [0.29, 0.717) is 6.61 Å². The van der Waals surface area contributed by atoms with Crippen LogP contribution in [0.25, 0.3) is 33.1 Å². The van der Waals surface area contributed by atoms with E-state index < -0.39 is 5.60 Å². The molecule has 2 aliphatic carbocycles. The summed E-state index contributed by atoms with van der Waals surface area (Å²) in [5.41, 5.74) is 7.32. The summed E-state index contributed by atoms with van der Waals surface area (Å²) >= 11 is 0. The van der Waals surface area contributed by atoms with Crippen molar-refractivity contribution in [1.29, 1.82) is 0 Å². The summed E-state index contributed by atoms with van der Waals surface area (Å²) in [7, 11) is 1.67. The third-order valence-corrected chi connectivity index (χ3v) is 6.92. The van der Waals surface area contributed by atoms with Gasteiger partial charge >= 0.3 is 0 Å². The minimum absolute atomic E-state index is 0.00990. The highest BCUT2D eigenvalue weighted by Gasteiger charge is 2.75. The lowest BCUT2D eigenvalue weighted by molar-refractivity contribution is -0.674. The van der Waals surface area contributed by atoms with Crippen LogP contribution in [0.4, 0.5) is 0 Å². The number of aliphatic hydroxyl groups is 1. The van der Waals surface area contributed by atoms with E-state index in [9.17, 15) is 5.11 Å². The summed E-state index contributed by atoms with van der Waals surface area (Å²) in [5, 5.41) is 14.1. The molecule has 0 saturated heterocycles. The number of methoxy groups -OCH3 is 1. The molecule has 3 atom stereocenters. The normalized spacial score (nSPS) is 25.8. The lowest BCUT2D eigenvalue weighted by Gasteiger charge is -2.24. The smallest absolute Gasteiger partial charge is 0.236 e. The molecule has 0 amide bonds. The average molecular weight is 367 g/mol. The van der Waals surface area contributed by atoms with Gasteiger partial charge < -0.3 is 9.84 Å². The Balaban J connectivity index is 1.70. The maximum atomic E-state index is 11.6. The first-order valence-electron chi connectivity index (χ1n) is 9.82. The van der Waals surface area contributed by atoms with Gasteiger partial charge in [0.1, 0.15) is 11.2 Å². The number of para-hydroxylation sites is 2. The van der Waals surface area contributed by atoms with E-state index >= 15 is 0 Å². The maximum absolute atomic E-state index is 11.6. The molecule has 1 aromatic heterocycles. The Morgan fingerprint density at radius 1 is 1.14 bits per heavy atom. The van der Waals surface area contributed by atoms with Crippen molar-refractivity contribution < 1.29 is 14.4 Å². The molecule has 3 aromatic carbocycles. The molecule has 0 spiro atoms. The van der Waals surface area contributed by atoms with Gasteiger partial charge in [0.15, 0.2) is 5.60 Å². The van der Waals surface area contributed by atoms with E-state index in [-0.39, 0.29) is 12.0 Å².